The fourth-order valence-corrected chi connectivity index (χ4v) is 1.71. The van der Waals surface area contributed by atoms with Gasteiger partial charge in [0.15, 0.2) is 0 Å². The van der Waals surface area contributed by atoms with Crippen LogP contribution in [0.4, 0.5) is 4.39 Å². The number of halogens is 2. The maximum atomic E-state index is 12.3. The number of hydrogen-bond acceptors (Lipinski definition) is 1. The Balaban J connectivity index is 2.93. The molecule has 0 aliphatic rings. The summed E-state index contributed by atoms with van der Waals surface area (Å²) in [5.41, 5.74) is 1.47. The molecule has 14 heavy (non-hydrogen) atoms. The van der Waals surface area contributed by atoms with Crippen LogP contribution in [0.5, 0.6) is 0 Å². The van der Waals surface area contributed by atoms with Crippen molar-refractivity contribution < 1.29 is 9.18 Å². The minimum absolute atomic E-state index is 0.0914. The van der Waals surface area contributed by atoms with Gasteiger partial charge in [-0.3, -0.25) is 0 Å². The SMILES string of the molecule is CC(CC=O)c1ccc(CF)cc1Cl. The highest BCUT2D eigenvalue weighted by atomic mass is 35.5. The van der Waals surface area contributed by atoms with E-state index in [9.17, 15) is 9.18 Å². The second kappa shape index (κ2) is 5.11. The molecule has 0 heterocycles. The first-order chi connectivity index (χ1) is 6.69. The quantitative estimate of drug-likeness (QED) is 0.702. The van der Waals surface area contributed by atoms with Gasteiger partial charge < -0.3 is 4.79 Å². The van der Waals surface area contributed by atoms with Gasteiger partial charge in [-0.15, -0.1) is 0 Å². The largest absolute Gasteiger partial charge is 0.303 e. The number of carbonyl (C=O) groups excluding carboxylic acids is 1. The minimum atomic E-state index is -0.512. The van der Waals surface area contributed by atoms with Gasteiger partial charge in [0.05, 0.1) is 0 Å². The first kappa shape index (κ1) is 11.2. The Morgan fingerprint density at radius 2 is 2.29 bits per heavy atom. The van der Waals surface area contributed by atoms with Gasteiger partial charge in [-0.05, 0) is 23.1 Å². The third kappa shape index (κ3) is 2.55. The second-order valence-electron chi connectivity index (χ2n) is 3.29. The van der Waals surface area contributed by atoms with Crippen LogP contribution < -0.4 is 0 Å². The lowest BCUT2D eigenvalue weighted by Crippen LogP contribution is -1.96. The molecule has 0 spiro atoms. The average molecular weight is 215 g/mol. The summed E-state index contributed by atoms with van der Waals surface area (Å²) in [7, 11) is 0. The molecule has 0 N–H and O–H groups in total. The summed E-state index contributed by atoms with van der Waals surface area (Å²) in [6.45, 7) is 1.41. The molecule has 1 unspecified atom stereocenters. The lowest BCUT2D eigenvalue weighted by Gasteiger charge is -2.10. The third-order valence-corrected chi connectivity index (χ3v) is 2.53. The summed E-state index contributed by atoms with van der Waals surface area (Å²) in [4.78, 5) is 10.3. The molecule has 3 heteroatoms. The highest BCUT2D eigenvalue weighted by Gasteiger charge is 2.09. The van der Waals surface area contributed by atoms with Gasteiger partial charge in [-0.25, -0.2) is 4.39 Å². The first-order valence-corrected chi connectivity index (χ1v) is 4.84. The normalized spacial score (nSPS) is 12.5. The highest BCUT2D eigenvalue weighted by Crippen LogP contribution is 2.27. The molecule has 1 nitrogen and oxygen atoms in total. The van der Waals surface area contributed by atoms with Crippen molar-refractivity contribution in [3.63, 3.8) is 0 Å². The third-order valence-electron chi connectivity index (χ3n) is 2.20. The zero-order valence-electron chi connectivity index (χ0n) is 7.97. The maximum Gasteiger partial charge on any atom is 0.120 e. The predicted molar refractivity (Wildman–Crippen MR) is 55.4 cm³/mol. The van der Waals surface area contributed by atoms with Crippen LogP contribution in [0.2, 0.25) is 5.02 Å². The van der Waals surface area contributed by atoms with Crippen molar-refractivity contribution in [2.75, 3.05) is 0 Å². The van der Waals surface area contributed by atoms with Crippen LogP contribution in [0.3, 0.4) is 0 Å². The molecule has 0 aromatic heterocycles. The van der Waals surface area contributed by atoms with E-state index in [1.54, 1.807) is 18.2 Å². The minimum Gasteiger partial charge on any atom is -0.303 e. The highest BCUT2D eigenvalue weighted by molar-refractivity contribution is 6.31. The smallest absolute Gasteiger partial charge is 0.120 e. The maximum absolute atomic E-state index is 12.3. The molecule has 1 aromatic rings. The van der Waals surface area contributed by atoms with Crippen molar-refractivity contribution >= 4 is 17.9 Å². The molecule has 1 rings (SSSR count). The zero-order chi connectivity index (χ0) is 10.6. The Bertz CT molecular complexity index is 325. The monoisotopic (exact) mass is 214 g/mol. The van der Waals surface area contributed by atoms with Gasteiger partial charge in [-0.1, -0.05) is 30.7 Å². The van der Waals surface area contributed by atoms with Crippen LogP contribution in [0.1, 0.15) is 30.4 Å². The first-order valence-electron chi connectivity index (χ1n) is 4.47. The summed E-state index contributed by atoms with van der Waals surface area (Å²) >= 11 is 5.96. The molecule has 0 bridgehead atoms. The van der Waals surface area contributed by atoms with Gasteiger partial charge in [0.2, 0.25) is 0 Å². The van der Waals surface area contributed by atoms with E-state index in [2.05, 4.69) is 0 Å². The van der Waals surface area contributed by atoms with Gasteiger partial charge in [0, 0.05) is 11.4 Å². The summed E-state index contributed by atoms with van der Waals surface area (Å²) in [5.74, 6) is 0.0914. The molecule has 1 aromatic carbocycles. The number of carbonyl (C=O) groups is 1. The Hall–Kier alpha value is -0.890. The Labute approximate surface area is 87.9 Å². The Morgan fingerprint density at radius 3 is 2.79 bits per heavy atom. The van der Waals surface area contributed by atoms with E-state index < -0.39 is 6.67 Å². The number of alkyl halides is 1. The average Bonchev–Trinajstić information content (AvgIpc) is 2.17. The van der Waals surface area contributed by atoms with Crippen LogP contribution >= 0.6 is 11.6 Å². The summed E-state index contributed by atoms with van der Waals surface area (Å²) in [6.07, 6.45) is 1.30. The molecule has 0 radical (unpaired) electrons. The van der Waals surface area contributed by atoms with Gasteiger partial charge in [-0.2, -0.15) is 0 Å². The van der Waals surface area contributed by atoms with Crippen LogP contribution in [0.15, 0.2) is 18.2 Å². The van der Waals surface area contributed by atoms with E-state index >= 15 is 0 Å². The molecule has 76 valence electrons. The topological polar surface area (TPSA) is 17.1 Å². The molecule has 0 saturated heterocycles. The van der Waals surface area contributed by atoms with Crippen LogP contribution in [-0.4, -0.2) is 6.29 Å². The molecule has 0 saturated carbocycles. The molecular weight excluding hydrogens is 203 g/mol. The molecule has 0 aliphatic heterocycles. The molecule has 0 aliphatic carbocycles. The standard InChI is InChI=1S/C11H12ClFO/c1-8(4-5-14)10-3-2-9(7-13)6-11(10)12/h2-3,5-6,8H,4,7H2,1H3. The zero-order valence-corrected chi connectivity index (χ0v) is 8.72. The number of benzene rings is 1. The van der Waals surface area contributed by atoms with E-state index in [0.717, 1.165) is 11.8 Å². The molecule has 0 amide bonds. The van der Waals surface area contributed by atoms with Gasteiger partial charge >= 0.3 is 0 Å². The molecule has 1 atom stereocenters. The van der Waals surface area contributed by atoms with E-state index in [4.69, 9.17) is 11.6 Å². The number of aldehydes is 1. The lowest BCUT2D eigenvalue weighted by molar-refractivity contribution is -0.108. The molecular formula is C11H12ClFO. The van der Waals surface area contributed by atoms with Crippen LogP contribution in [0, 0.1) is 0 Å². The molecule has 0 fully saturated rings. The van der Waals surface area contributed by atoms with Crippen molar-refractivity contribution in [3.8, 4) is 0 Å². The fraction of sp³-hybridized carbons (Fsp3) is 0.364. The summed E-state index contributed by atoms with van der Waals surface area (Å²) < 4.78 is 12.3. The fourth-order valence-electron chi connectivity index (χ4n) is 1.32. The van der Waals surface area contributed by atoms with E-state index in [0.29, 0.717) is 17.0 Å². The Morgan fingerprint density at radius 1 is 1.57 bits per heavy atom. The van der Waals surface area contributed by atoms with Gasteiger partial charge in [0.25, 0.3) is 0 Å². The van der Waals surface area contributed by atoms with E-state index in [1.165, 1.54) is 0 Å². The summed E-state index contributed by atoms with van der Waals surface area (Å²) in [6, 6.07) is 5.09. The second-order valence-corrected chi connectivity index (χ2v) is 3.70. The Kier molecular flexibility index (Phi) is 4.08. The van der Waals surface area contributed by atoms with Gasteiger partial charge in [0.1, 0.15) is 13.0 Å². The van der Waals surface area contributed by atoms with Crippen molar-refractivity contribution in [2.45, 2.75) is 25.9 Å². The van der Waals surface area contributed by atoms with Crippen molar-refractivity contribution in [1.82, 2.24) is 0 Å². The summed E-state index contributed by atoms with van der Waals surface area (Å²) in [5, 5.41) is 0.537. The predicted octanol–water partition coefficient (Wildman–Crippen LogP) is 3.50. The van der Waals surface area contributed by atoms with Crippen molar-refractivity contribution in [1.29, 1.82) is 0 Å². The van der Waals surface area contributed by atoms with Crippen molar-refractivity contribution in [2.24, 2.45) is 0 Å². The van der Waals surface area contributed by atoms with Crippen LogP contribution in [0.25, 0.3) is 0 Å². The van der Waals surface area contributed by atoms with E-state index in [1.807, 2.05) is 6.92 Å². The van der Waals surface area contributed by atoms with E-state index in [-0.39, 0.29) is 5.92 Å². The lowest BCUT2D eigenvalue weighted by atomic mass is 9.97. The van der Waals surface area contributed by atoms with Crippen LogP contribution in [-0.2, 0) is 11.5 Å². The number of hydrogen-bond donors (Lipinski definition) is 0. The van der Waals surface area contributed by atoms with Crippen molar-refractivity contribution in [3.05, 3.63) is 34.3 Å². The number of rotatable bonds is 4.